The molecule has 1 N–H and O–H groups in total. The molecule has 1 amide bonds. The van der Waals surface area contributed by atoms with Gasteiger partial charge < -0.3 is 0 Å². The maximum absolute atomic E-state index is 13.4. The van der Waals surface area contributed by atoms with E-state index in [2.05, 4.69) is 36.3 Å². The lowest BCUT2D eigenvalue weighted by molar-refractivity contribution is 0.102. The van der Waals surface area contributed by atoms with Crippen molar-refractivity contribution < 1.29 is 9.18 Å². The largest absolute Gasteiger partial charge is 0.298 e. The number of aryl methyl sites for hydroxylation is 3. The van der Waals surface area contributed by atoms with Crippen LogP contribution in [-0.4, -0.2) is 15.9 Å². The van der Waals surface area contributed by atoms with E-state index in [0.717, 1.165) is 38.3 Å². The highest BCUT2D eigenvalue weighted by molar-refractivity contribution is 7.16. The van der Waals surface area contributed by atoms with Crippen LogP contribution >= 0.6 is 11.3 Å². The predicted octanol–water partition coefficient (Wildman–Crippen LogP) is 7.34. The van der Waals surface area contributed by atoms with Crippen LogP contribution in [0.5, 0.6) is 0 Å². The van der Waals surface area contributed by atoms with Gasteiger partial charge in [-0.2, -0.15) is 0 Å². The van der Waals surface area contributed by atoms with Crippen LogP contribution < -0.4 is 5.32 Å². The number of pyridine rings is 1. The Labute approximate surface area is 201 Å². The molecule has 6 heteroatoms. The Bertz CT molecular complexity index is 1540. The summed E-state index contributed by atoms with van der Waals surface area (Å²) in [7, 11) is 0. The summed E-state index contributed by atoms with van der Waals surface area (Å²) in [6.07, 6.45) is 0. The first kappa shape index (κ1) is 21.9. The van der Waals surface area contributed by atoms with Crippen molar-refractivity contribution in [3.63, 3.8) is 0 Å². The fourth-order valence-corrected chi connectivity index (χ4v) is 4.73. The van der Waals surface area contributed by atoms with Gasteiger partial charge in [-0.3, -0.25) is 10.1 Å². The Kier molecular flexibility index (Phi) is 5.67. The first-order valence-corrected chi connectivity index (χ1v) is 11.7. The van der Waals surface area contributed by atoms with Gasteiger partial charge in [-0.05, 0) is 74.4 Å². The number of hydrogen-bond donors (Lipinski definition) is 1. The Balaban J connectivity index is 1.52. The third-order valence-corrected chi connectivity index (χ3v) is 6.78. The molecular formula is C28H22FN3OS. The third kappa shape index (κ3) is 4.20. The molecule has 0 aliphatic heterocycles. The topological polar surface area (TPSA) is 54.9 Å². The summed E-state index contributed by atoms with van der Waals surface area (Å²) >= 11 is 1.39. The molecule has 0 radical (unpaired) electrons. The average Bonchev–Trinajstić information content (AvgIpc) is 3.20. The lowest BCUT2D eigenvalue weighted by Crippen LogP contribution is -2.13. The van der Waals surface area contributed by atoms with Crippen LogP contribution in [0.2, 0.25) is 0 Å². The fraction of sp³-hybridized carbons (Fsp3) is 0.107. The highest BCUT2D eigenvalue weighted by atomic mass is 32.1. The van der Waals surface area contributed by atoms with E-state index in [4.69, 9.17) is 4.98 Å². The molecule has 0 aliphatic carbocycles. The highest BCUT2D eigenvalue weighted by Crippen LogP contribution is 2.32. The second kappa shape index (κ2) is 8.80. The van der Waals surface area contributed by atoms with Crippen molar-refractivity contribution in [1.82, 2.24) is 9.97 Å². The zero-order valence-electron chi connectivity index (χ0n) is 19.0. The van der Waals surface area contributed by atoms with Crippen molar-refractivity contribution in [2.45, 2.75) is 20.8 Å². The molecule has 168 valence electrons. The molecule has 5 aromatic rings. The SMILES string of the molecule is Cc1ccc(-c2cc(C(=O)Nc3nc(-c4ccc(F)cc4)c(C)s3)c3ccccc3n2)cc1C. The number of halogens is 1. The first-order valence-electron chi connectivity index (χ1n) is 10.9. The number of nitrogens with zero attached hydrogens (tertiary/aromatic N) is 2. The van der Waals surface area contributed by atoms with Crippen molar-refractivity contribution in [3.8, 4) is 22.5 Å². The number of benzene rings is 3. The second-order valence-electron chi connectivity index (χ2n) is 8.26. The number of rotatable bonds is 4. The van der Waals surface area contributed by atoms with Crippen molar-refractivity contribution in [2.24, 2.45) is 0 Å². The number of para-hydroxylation sites is 1. The van der Waals surface area contributed by atoms with E-state index in [1.54, 1.807) is 12.1 Å². The van der Waals surface area contributed by atoms with E-state index in [-0.39, 0.29) is 11.7 Å². The smallest absolute Gasteiger partial charge is 0.258 e. The molecule has 2 heterocycles. The Hall–Kier alpha value is -3.90. The zero-order valence-corrected chi connectivity index (χ0v) is 19.8. The Morgan fingerprint density at radius 1 is 0.853 bits per heavy atom. The van der Waals surface area contributed by atoms with Gasteiger partial charge in [0, 0.05) is 21.4 Å². The van der Waals surface area contributed by atoms with Crippen LogP contribution in [0.3, 0.4) is 0 Å². The van der Waals surface area contributed by atoms with E-state index in [1.165, 1.54) is 34.6 Å². The molecule has 0 saturated heterocycles. The number of nitrogens with one attached hydrogen (secondary N) is 1. The molecule has 0 fully saturated rings. The monoisotopic (exact) mass is 467 g/mol. The predicted molar refractivity (Wildman–Crippen MR) is 137 cm³/mol. The molecule has 0 atom stereocenters. The van der Waals surface area contributed by atoms with Crippen LogP contribution in [0.15, 0.2) is 72.8 Å². The first-order chi connectivity index (χ1) is 16.4. The summed E-state index contributed by atoms with van der Waals surface area (Å²) in [5, 5.41) is 4.23. The molecule has 0 spiro atoms. The van der Waals surface area contributed by atoms with E-state index in [0.29, 0.717) is 10.7 Å². The second-order valence-corrected chi connectivity index (χ2v) is 9.46. The van der Waals surface area contributed by atoms with E-state index >= 15 is 0 Å². The van der Waals surface area contributed by atoms with Crippen LogP contribution in [0, 0.1) is 26.6 Å². The van der Waals surface area contributed by atoms with Gasteiger partial charge in [0.1, 0.15) is 5.82 Å². The number of anilines is 1. The van der Waals surface area contributed by atoms with Gasteiger partial charge in [0.25, 0.3) is 5.91 Å². The van der Waals surface area contributed by atoms with Crippen LogP contribution in [0.1, 0.15) is 26.4 Å². The normalized spacial score (nSPS) is 11.1. The molecule has 0 aliphatic rings. The van der Waals surface area contributed by atoms with Crippen LogP contribution in [0.25, 0.3) is 33.4 Å². The van der Waals surface area contributed by atoms with Crippen molar-refractivity contribution in [1.29, 1.82) is 0 Å². The molecule has 4 nitrogen and oxygen atoms in total. The number of hydrogen-bond acceptors (Lipinski definition) is 4. The summed E-state index contributed by atoms with van der Waals surface area (Å²) in [5.74, 6) is -0.544. The quantitative estimate of drug-likeness (QED) is 0.301. The van der Waals surface area contributed by atoms with Gasteiger partial charge in [-0.1, -0.05) is 30.3 Å². The van der Waals surface area contributed by atoms with Gasteiger partial charge in [-0.15, -0.1) is 11.3 Å². The molecule has 2 aromatic heterocycles. The van der Waals surface area contributed by atoms with Gasteiger partial charge in [0.2, 0.25) is 0 Å². The number of carbonyl (C=O) groups excluding carboxylic acids is 1. The van der Waals surface area contributed by atoms with Crippen LogP contribution in [0.4, 0.5) is 9.52 Å². The summed E-state index contributed by atoms with van der Waals surface area (Å²) in [6, 6.07) is 21.8. The number of carbonyl (C=O) groups is 1. The number of amides is 1. The summed E-state index contributed by atoms with van der Waals surface area (Å²) < 4.78 is 13.3. The highest BCUT2D eigenvalue weighted by Gasteiger charge is 2.17. The molecule has 5 rings (SSSR count). The molecule has 0 bridgehead atoms. The maximum atomic E-state index is 13.4. The van der Waals surface area contributed by atoms with E-state index in [9.17, 15) is 9.18 Å². The number of fused-ring (bicyclic) bond motifs is 1. The Morgan fingerprint density at radius 3 is 2.35 bits per heavy atom. The van der Waals surface area contributed by atoms with E-state index < -0.39 is 0 Å². The zero-order chi connectivity index (χ0) is 23.8. The number of thiazole rings is 1. The third-order valence-electron chi connectivity index (χ3n) is 5.90. The molecule has 3 aromatic carbocycles. The molecule has 0 saturated carbocycles. The summed E-state index contributed by atoms with van der Waals surface area (Å²) in [5.41, 5.74) is 6.92. The summed E-state index contributed by atoms with van der Waals surface area (Å²) in [6.45, 7) is 6.07. The lowest BCUT2D eigenvalue weighted by Gasteiger charge is -2.11. The minimum atomic E-state index is -0.297. The minimum Gasteiger partial charge on any atom is -0.298 e. The average molecular weight is 468 g/mol. The van der Waals surface area contributed by atoms with E-state index in [1.807, 2.05) is 43.3 Å². The van der Waals surface area contributed by atoms with Crippen molar-refractivity contribution in [3.05, 3.63) is 100 Å². The molecule has 34 heavy (non-hydrogen) atoms. The van der Waals surface area contributed by atoms with Gasteiger partial charge in [0.15, 0.2) is 5.13 Å². The molecular weight excluding hydrogens is 445 g/mol. The van der Waals surface area contributed by atoms with Gasteiger partial charge in [0.05, 0.1) is 22.5 Å². The summed E-state index contributed by atoms with van der Waals surface area (Å²) in [4.78, 5) is 23.8. The minimum absolute atomic E-state index is 0.247. The van der Waals surface area contributed by atoms with Gasteiger partial charge in [-0.25, -0.2) is 14.4 Å². The fourth-order valence-electron chi connectivity index (χ4n) is 3.90. The molecule has 0 unspecified atom stereocenters. The van der Waals surface area contributed by atoms with Crippen molar-refractivity contribution in [2.75, 3.05) is 5.32 Å². The lowest BCUT2D eigenvalue weighted by atomic mass is 10.0. The number of aromatic nitrogens is 2. The standard InChI is InChI=1S/C28H22FN3OS/c1-16-8-9-20(14-17(16)2)25-15-23(22-6-4-5-7-24(22)30-25)27(33)32-28-31-26(18(3)34-28)19-10-12-21(29)13-11-19/h4-15H,1-3H3,(H,31,32,33). The van der Waals surface area contributed by atoms with Crippen molar-refractivity contribution >= 4 is 33.3 Å². The maximum Gasteiger partial charge on any atom is 0.258 e. The van der Waals surface area contributed by atoms with Gasteiger partial charge >= 0.3 is 0 Å². The van der Waals surface area contributed by atoms with Crippen LogP contribution in [-0.2, 0) is 0 Å². The Morgan fingerprint density at radius 2 is 1.59 bits per heavy atom.